The lowest BCUT2D eigenvalue weighted by Gasteiger charge is -2.34. The van der Waals surface area contributed by atoms with Crippen molar-refractivity contribution >= 4 is 0 Å². The van der Waals surface area contributed by atoms with Crippen LogP contribution in [0.25, 0.3) is 0 Å². The zero-order chi connectivity index (χ0) is 12.8. The fraction of sp³-hybridized carbons (Fsp3) is 0.625. The third-order valence-electron chi connectivity index (χ3n) is 3.83. The van der Waals surface area contributed by atoms with Crippen LogP contribution in [0.15, 0.2) is 30.3 Å². The molecule has 1 aliphatic heterocycles. The van der Waals surface area contributed by atoms with E-state index in [1.165, 1.54) is 31.5 Å². The Kier molecular flexibility index (Phi) is 5.21. The minimum atomic E-state index is 0.474. The smallest absolute Gasteiger partial charge is 0.0449 e. The van der Waals surface area contributed by atoms with Gasteiger partial charge in [0, 0.05) is 19.1 Å². The van der Waals surface area contributed by atoms with Gasteiger partial charge < -0.3 is 10.2 Å². The van der Waals surface area contributed by atoms with Gasteiger partial charge in [0.05, 0.1) is 0 Å². The molecule has 100 valence electrons. The molecule has 2 heteroatoms. The molecule has 0 bridgehead atoms. The highest BCUT2D eigenvalue weighted by molar-refractivity contribution is 5.19. The third kappa shape index (κ3) is 3.82. The van der Waals surface area contributed by atoms with Crippen molar-refractivity contribution in [3.8, 4) is 0 Å². The van der Waals surface area contributed by atoms with Crippen molar-refractivity contribution in [3.05, 3.63) is 35.9 Å². The summed E-state index contributed by atoms with van der Waals surface area (Å²) in [4.78, 5) is 2.62. The molecule has 1 N–H and O–H groups in total. The van der Waals surface area contributed by atoms with Crippen LogP contribution in [0.3, 0.4) is 0 Å². The van der Waals surface area contributed by atoms with E-state index in [9.17, 15) is 0 Å². The number of nitrogens with one attached hydrogen (secondary N) is 1. The molecule has 0 aliphatic carbocycles. The second-order valence-electron chi connectivity index (χ2n) is 5.53. The molecule has 0 saturated carbocycles. The van der Waals surface area contributed by atoms with E-state index in [2.05, 4.69) is 54.4 Å². The molecule has 1 aromatic carbocycles. The van der Waals surface area contributed by atoms with E-state index in [1.807, 2.05) is 0 Å². The molecule has 1 aliphatic rings. The first-order valence-corrected chi connectivity index (χ1v) is 7.30. The van der Waals surface area contributed by atoms with E-state index in [1.54, 1.807) is 0 Å². The fourth-order valence-electron chi connectivity index (χ4n) is 2.93. The van der Waals surface area contributed by atoms with Gasteiger partial charge in [0.15, 0.2) is 0 Å². The number of hydrogen-bond donors (Lipinski definition) is 1. The van der Waals surface area contributed by atoms with E-state index in [4.69, 9.17) is 0 Å². The summed E-state index contributed by atoms with van der Waals surface area (Å²) in [5.41, 5.74) is 1.41. The van der Waals surface area contributed by atoms with Gasteiger partial charge >= 0.3 is 0 Å². The molecule has 1 heterocycles. The van der Waals surface area contributed by atoms with Crippen LogP contribution in [0.4, 0.5) is 0 Å². The number of hydrogen-bond acceptors (Lipinski definition) is 2. The fourth-order valence-corrected chi connectivity index (χ4v) is 2.93. The third-order valence-corrected chi connectivity index (χ3v) is 3.83. The van der Waals surface area contributed by atoms with Crippen molar-refractivity contribution in [2.75, 3.05) is 26.2 Å². The molecular formula is C16H26N2. The number of nitrogens with zero attached hydrogens (tertiary/aromatic N) is 1. The van der Waals surface area contributed by atoms with Crippen LogP contribution in [0, 0.1) is 5.92 Å². The maximum atomic E-state index is 3.62. The second-order valence-corrected chi connectivity index (χ2v) is 5.53. The molecule has 18 heavy (non-hydrogen) atoms. The topological polar surface area (TPSA) is 15.3 Å². The van der Waals surface area contributed by atoms with Gasteiger partial charge in [-0.3, -0.25) is 0 Å². The number of benzene rings is 1. The highest BCUT2D eigenvalue weighted by atomic mass is 15.2. The number of likely N-dealkylation sites (tertiary alicyclic amines) is 1. The summed E-state index contributed by atoms with van der Waals surface area (Å²) in [7, 11) is 0. The minimum absolute atomic E-state index is 0.474. The maximum Gasteiger partial charge on any atom is 0.0449 e. The summed E-state index contributed by atoms with van der Waals surface area (Å²) >= 11 is 0. The molecule has 0 aromatic heterocycles. The summed E-state index contributed by atoms with van der Waals surface area (Å²) in [6.45, 7) is 9.25. The number of likely N-dealkylation sites (N-methyl/N-ethyl adjacent to an activating group) is 1. The molecule has 1 fully saturated rings. The molecule has 0 radical (unpaired) electrons. The largest absolute Gasteiger partial charge is 0.309 e. The Morgan fingerprint density at radius 1 is 1.33 bits per heavy atom. The van der Waals surface area contributed by atoms with Gasteiger partial charge in [-0.15, -0.1) is 0 Å². The highest BCUT2D eigenvalue weighted by Gasteiger charge is 2.20. The van der Waals surface area contributed by atoms with Crippen LogP contribution in [0.2, 0.25) is 0 Å². The van der Waals surface area contributed by atoms with Gasteiger partial charge in [0.2, 0.25) is 0 Å². The summed E-state index contributed by atoms with van der Waals surface area (Å²) in [5, 5.41) is 3.62. The van der Waals surface area contributed by atoms with Gasteiger partial charge in [0.25, 0.3) is 0 Å². The predicted octanol–water partition coefficient (Wildman–Crippen LogP) is 3.07. The Morgan fingerprint density at radius 3 is 2.78 bits per heavy atom. The average Bonchev–Trinajstić information content (AvgIpc) is 2.39. The summed E-state index contributed by atoms with van der Waals surface area (Å²) in [6.07, 6.45) is 2.75. The van der Waals surface area contributed by atoms with Crippen molar-refractivity contribution in [3.63, 3.8) is 0 Å². The molecule has 1 saturated heterocycles. The zero-order valence-corrected chi connectivity index (χ0v) is 11.7. The van der Waals surface area contributed by atoms with Crippen LogP contribution in [-0.4, -0.2) is 31.1 Å². The van der Waals surface area contributed by atoms with Crippen molar-refractivity contribution < 1.29 is 0 Å². The van der Waals surface area contributed by atoms with E-state index >= 15 is 0 Å². The van der Waals surface area contributed by atoms with E-state index < -0.39 is 0 Å². The Hall–Kier alpha value is -0.860. The predicted molar refractivity (Wildman–Crippen MR) is 77.7 cm³/mol. The van der Waals surface area contributed by atoms with Crippen molar-refractivity contribution in [2.45, 2.75) is 32.7 Å². The number of rotatable bonds is 5. The molecule has 2 nitrogen and oxygen atoms in total. The van der Waals surface area contributed by atoms with Gasteiger partial charge in [-0.2, -0.15) is 0 Å². The molecular weight excluding hydrogens is 220 g/mol. The van der Waals surface area contributed by atoms with Crippen LogP contribution in [0.1, 0.15) is 38.3 Å². The Labute approximate surface area is 111 Å². The Balaban J connectivity index is 1.97. The lowest BCUT2D eigenvalue weighted by molar-refractivity contribution is 0.167. The quantitative estimate of drug-likeness (QED) is 0.859. The monoisotopic (exact) mass is 246 g/mol. The first kappa shape index (κ1) is 13.6. The lowest BCUT2D eigenvalue weighted by atomic mass is 9.98. The summed E-state index contributed by atoms with van der Waals surface area (Å²) < 4.78 is 0. The van der Waals surface area contributed by atoms with E-state index in [0.29, 0.717) is 6.04 Å². The van der Waals surface area contributed by atoms with Crippen molar-refractivity contribution in [1.29, 1.82) is 0 Å². The van der Waals surface area contributed by atoms with E-state index in [0.717, 1.165) is 19.0 Å². The normalized spacial score (nSPS) is 22.9. The first-order chi connectivity index (χ1) is 8.79. The van der Waals surface area contributed by atoms with Crippen LogP contribution >= 0.6 is 0 Å². The maximum absolute atomic E-state index is 3.62. The van der Waals surface area contributed by atoms with Gasteiger partial charge in [-0.05, 0) is 37.4 Å². The summed E-state index contributed by atoms with van der Waals surface area (Å²) in [5.74, 6) is 0.858. The Morgan fingerprint density at radius 2 is 2.11 bits per heavy atom. The lowest BCUT2D eigenvalue weighted by Crippen LogP contribution is -2.40. The average molecular weight is 246 g/mol. The summed E-state index contributed by atoms with van der Waals surface area (Å²) in [6, 6.07) is 11.3. The van der Waals surface area contributed by atoms with Crippen LogP contribution in [0.5, 0.6) is 0 Å². The van der Waals surface area contributed by atoms with E-state index in [-0.39, 0.29) is 0 Å². The molecule has 0 spiro atoms. The molecule has 2 atom stereocenters. The molecule has 0 amide bonds. The van der Waals surface area contributed by atoms with Crippen LogP contribution < -0.4 is 5.32 Å². The highest BCUT2D eigenvalue weighted by Crippen LogP contribution is 2.20. The number of piperidine rings is 1. The standard InChI is InChI=1S/C16H26N2/c1-3-17-16(15-9-5-4-6-10-15)13-18-11-7-8-14(2)12-18/h4-6,9-10,14,16-17H,3,7-8,11-13H2,1-2H3. The van der Waals surface area contributed by atoms with Gasteiger partial charge in [-0.1, -0.05) is 44.2 Å². The molecule has 1 aromatic rings. The molecule has 2 rings (SSSR count). The second kappa shape index (κ2) is 6.91. The first-order valence-electron chi connectivity index (χ1n) is 7.30. The van der Waals surface area contributed by atoms with Gasteiger partial charge in [-0.25, -0.2) is 0 Å². The SMILES string of the molecule is CCNC(CN1CCCC(C)C1)c1ccccc1. The van der Waals surface area contributed by atoms with Gasteiger partial charge in [0.1, 0.15) is 0 Å². The minimum Gasteiger partial charge on any atom is -0.309 e. The Bertz CT molecular complexity index is 336. The van der Waals surface area contributed by atoms with Crippen LogP contribution in [-0.2, 0) is 0 Å². The van der Waals surface area contributed by atoms with Crippen molar-refractivity contribution in [1.82, 2.24) is 10.2 Å². The molecule has 2 unspecified atom stereocenters. The van der Waals surface area contributed by atoms with Crippen molar-refractivity contribution in [2.24, 2.45) is 5.92 Å². The zero-order valence-electron chi connectivity index (χ0n) is 11.7.